The molecule has 0 saturated carbocycles. The van der Waals surface area contributed by atoms with E-state index in [0.717, 1.165) is 11.1 Å². The van der Waals surface area contributed by atoms with E-state index in [9.17, 15) is 10.1 Å². The molecule has 21 heavy (non-hydrogen) atoms. The van der Waals surface area contributed by atoms with Gasteiger partial charge in [0.05, 0.1) is 16.7 Å². The lowest BCUT2D eigenvalue weighted by Crippen LogP contribution is -2.31. The molecule has 2 aromatic rings. The molecule has 1 atom stereocenters. The second kappa shape index (κ2) is 5.43. The summed E-state index contributed by atoms with van der Waals surface area (Å²) in [7, 11) is 0. The van der Waals surface area contributed by atoms with E-state index in [0.29, 0.717) is 10.6 Å². The van der Waals surface area contributed by atoms with E-state index >= 15 is 0 Å². The van der Waals surface area contributed by atoms with Gasteiger partial charge in [-0.1, -0.05) is 48.0 Å². The topological polar surface area (TPSA) is 44.1 Å². The maximum absolute atomic E-state index is 12.6. The van der Waals surface area contributed by atoms with E-state index in [1.807, 2.05) is 30.3 Å². The average molecular weight is 295 g/mol. The van der Waals surface area contributed by atoms with Crippen molar-refractivity contribution in [3.05, 3.63) is 76.4 Å². The van der Waals surface area contributed by atoms with Crippen molar-refractivity contribution in [1.82, 2.24) is 4.90 Å². The predicted octanol–water partition coefficient (Wildman–Crippen LogP) is 4.03. The van der Waals surface area contributed by atoms with E-state index in [2.05, 4.69) is 6.07 Å². The third kappa shape index (κ3) is 2.31. The van der Waals surface area contributed by atoms with Gasteiger partial charge in [0.1, 0.15) is 6.04 Å². The third-order valence-electron chi connectivity index (χ3n) is 3.44. The fourth-order valence-electron chi connectivity index (χ4n) is 2.40. The van der Waals surface area contributed by atoms with Crippen LogP contribution < -0.4 is 0 Å². The molecule has 2 aromatic carbocycles. The number of carbonyl (C=O) groups excluding carboxylic acids is 1. The zero-order valence-corrected chi connectivity index (χ0v) is 11.8. The van der Waals surface area contributed by atoms with Crippen LogP contribution in [0.4, 0.5) is 0 Å². The van der Waals surface area contributed by atoms with Crippen LogP contribution in [0.5, 0.6) is 0 Å². The highest BCUT2D eigenvalue weighted by molar-refractivity contribution is 6.33. The predicted molar refractivity (Wildman–Crippen MR) is 81.5 cm³/mol. The highest BCUT2D eigenvalue weighted by Gasteiger charge is 2.29. The highest BCUT2D eigenvalue weighted by Crippen LogP contribution is 2.31. The maximum Gasteiger partial charge on any atom is 0.260 e. The molecule has 3 rings (SSSR count). The Morgan fingerprint density at radius 3 is 2.62 bits per heavy atom. The minimum Gasteiger partial charge on any atom is -0.294 e. The van der Waals surface area contributed by atoms with Gasteiger partial charge in [0.2, 0.25) is 0 Å². The quantitative estimate of drug-likeness (QED) is 0.797. The van der Waals surface area contributed by atoms with Crippen molar-refractivity contribution in [3.63, 3.8) is 0 Å². The van der Waals surface area contributed by atoms with Crippen LogP contribution in [0.25, 0.3) is 6.08 Å². The number of fused-ring (bicyclic) bond motifs is 1. The SMILES string of the molecule is N#C[C@H]1c2ccccc2C=CN1C(=O)c1ccccc1Cl. The van der Waals surface area contributed by atoms with Gasteiger partial charge in [-0.3, -0.25) is 9.69 Å². The number of nitriles is 1. The normalized spacial score (nSPS) is 16.2. The molecule has 3 nitrogen and oxygen atoms in total. The summed E-state index contributed by atoms with van der Waals surface area (Å²) in [5.74, 6) is -0.280. The van der Waals surface area contributed by atoms with Crippen molar-refractivity contribution < 1.29 is 4.79 Å². The van der Waals surface area contributed by atoms with Gasteiger partial charge in [-0.2, -0.15) is 5.26 Å². The van der Waals surface area contributed by atoms with Crippen molar-refractivity contribution in [2.45, 2.75) is 6.04 Å². The summed E-state index contributed by atoms with van der Waals surface area (Å²) < 4.78 is 0. The Morgan fingerprint density at radius 1 is 1.14 bits per heavy atom. The Labute approximate surface area is 127 Å². The van der Waals surface area contributed by atoms with Crippen LogP contribution in [0.3, 0.4) is 0 Å². The summed E-state index contributed by atoms with van der Waals surface area (Å²) in [5, 5.41) is 9.84. The lowest BCUT2D eigenvalue weighted by atomic mass is 9.96. The minimum atomic E-state index is -0.644. The molecule has 0 unspecified atom stereocenters. The molecule has 0 bridgehead atoms. The molecule has 4 heteroatoms. The van der Waals surface area contributed by atoms with Crippen molar-refractivity contribution in [2.24, 2.45) is 0 Å². The Kier molecular flexibility index (Phi) is 3.47. The molecule has 0 spiro atoms. The number of hydrogen-bond donors (Lipinski definition) is 0. The number of rotatable bonds is 1. The largest absolute Gasteiger partial charge is 0.294 e. The van der Waals surface area contributed by atoms with Crippen molar-refractivity contribution >= 4 is 23.6 Å². The number of carbonyl (C=O) groups is 1. The van der Waals surface area contributed by atoms with Crippen LogP contribution in [-0.4, -0.2) is 10.8 Å². The van der Waals surface area contributed by atoms with Crippen molar-refractivity contribution in [2.75, 3.05) is 0 Å². The molecule has 1 aliphatic rings. The molecule has 1 aliphatic heterocycles. The van der Waals surface area contributed by atoms with Gasteiger partial charge < -0.3 is 0 Å². The molecule has 1 amide bonds. The van der Waals surface area contributed by atoms with Gasteiger partial charge >= 0.3 is 0 Å². The number of amides is 1. The zero-order chi connectivity index (χ0) is 14.8. The van der Waals surface area contributed by atoms with E-state index in [1.165, 1.54) is 4.90 Å². The van der Waals surface area contributed by atoms with Gasteiger partial charge in [0.15, 0.2) is 0 Å². The Morgan fingerprint density at radius 2 is 1.86 bits per heavy atom. The molecule has 0 radical (unpaired) electrons. The standard InChI is InChI=1S/C17H11ClN2O/c18-15-8-4-3-7-14(15)17(21)20-10-9-12-5-1-2-6-13(12)16(20)11-19/h1-10,16H/t16-/m0/s1. The maximum atomic E-state index is 12.6. The molecule has 0 N–H and O–H groups in total. The van der Waals surface area contributed by atoms with E-state index in [-0.39, 0.29) is 5.91 Å². The second-order valence-corrected chi connectivity index (χ2v) is 5.08. The molecule has 0 aromatic heterocycles. The average Bonchev–Trinajstić information content (AvgIpc) is 2.53. The fourth-order valence-corrected chi connectivity index (χ4v) is 2.62. The first-order valence-electron chi connectivity index (χ1n) is 6.46. The highest BCUT2D eigenvalue weighted by atomic mass is 35.5. The van der Waals surface area contributed by atoms with Gasteiger partial charge in [0.25, 0.3) is 5.91 Å². The first-order valence-corrected chi connectivity index (χ1v) is 6.84. The van der Waals surface area contributed by atoms with Crippen LogP contribution >= 0.6 is 11.6 Å². The molecule has 102 valence electrons. The van der Waals surface area contributed by atoms with Crippen molar-refractivity contribution in [3.8, 4) is 6.07 Å². The molecule has 0 saturated heterocycles. The van der Waals surface area contributed by atoms with Gasteiger partial charge in [-0.05, 0) is 29.3 Å². The summed E-state index contributed by atoms with van der Waals surface area (Å²) in [6.07, 6.45) is 3.47. The Bertz CT molecular complexity index is 776. The molecule has 0 aliphatic carbocycles. The van der Waals surface area contributed by atoms with Crippen LogP contribution in [0, 0.1) is 11.3 Å². The summed E-state index contributed by atoms with van der Waals surface area (Å²) in [6.45, 7) is 0. The second-order valence-electron chi connectivity index (χ2n) is 4.67. The van der Waals surface area contributed by atoms with Crippen LogP contribution in [0.1, 0.15) is 27.5 Å². The smallest absolute Gasteiger partial charge is 0.260 e. The summed E-state index contributed by atoms with van der Waals surface area (Å²) in [6, 6.07) is 15.9. The number of nitrogens with zero attached hydrogens (tertiary/aromatic N) is 2. The van der Waals surface area contributed by atoms with E-state index in [1.54, 1.807) is 30.5 Å². The van der Waals surface area contributed by atoms with Gasteiger partial charge in [-0.15, -0.1) is 0 Å². The van der Waals surface area contributed by atoms with E-state index in [4.69, 9.17) is 11.6 Å². The fraction of sp³-hybridized carbons (Fsp3) is 0.0588. The van der Waals surface area contributed by atoms with Crippen LogP contribution in [0.2, 0.25) is 5.02 Å². The van der Waals surface area contributed by atoms with Crippen LogP contribution in [0.15, 0.2) is 54.7 Å². The molecular weight excluding hydrogens is 284 g/mol. The number of benzene rings is 2. The van der Waals surface area contributed by atoms with Crippen LogP contribution in [-0.2, 0) is 0 Å². The molecule has 0 fully saturated rings. The molecule has 1 heterocycles. The summed E-state index contributed by atoms with van der Waals surface area (Å²) in [5.41, 5.74) is 2.17. The van der Waals surface area contributed by atoms with Gasteiger partial charge in [-0.25, -0.2) is 0 Å². The summed E-state index contributed by atoms with van der Waals surface area (Å²) in [4.78, 5) is 14.1. The summed E-state index contributed by atoms with van der Waals surface area (Å²) >= 11 is 6.07. The van der Waals surface area contributed by atoms with Crippen molar-refractivity contribution in [1.29, 1.82) is 5.26 Å². The minimum absolute atomic E-state index is 0.280. The lowest BCUT2D eigenvalue weighted by Gasteiger charge is -2.28. The monoisotopic (exact) mass is 294 g/mol. The number of hydrogen-bond acceptors (Lipinski definition) is 2. The third-order valence-corrected chi connectivity index (χ3v) is 3.77. The lowest BCUT2D eigenvalue weighted by molar-refractivity contribution is 0.0794. The molecular formula is C17H11ClN2O. The number of halogens is 1. The van der Waals surface area contributed by atoms with Gasteiger partial charge in [0, 0.05) is 6.20 Å². The Balaban J connectivity index is 2.03. The zero-order valence-electron chi connectivity index (χ0n) is 11.0. The van der Waals surface area contributed by atoms with E-state index < -0.39 is 6.04 Å². The first kappa shape index (κ1) is 13.4. The first-order chi connectivity index (χ1) is 10.2. The Hall–Kier alpha value is -2.57.